The molecule has 15 heavy (non-hydrogen) atoms. The Morgan fingerprint density at radius 1 is 1.47 bits per heavy atom. The van der Waals surface area contributed by atoms with E-state index in [4.69, 9.17) is 0 Å². The summed E-state index contributed by atoms with van der Waals surface area (Å²) in [4.78, 5) is 25.4. The number of imide groups is 1. The molecule has 1 fully saturated rings. The van der Waals surface area contributed by atoms with E-state index < -0.39 is 0 Å². The summed E-state index contributed by atoms with van der Waals surface area (Å²) in [7, 11) is 0. The van der Waals surface area contributed by atoms with Crippen LogP contribution in [-0.2, 0) is 9.59 Å². The molecule has 1 aliphatic rings. The third-order valence-electron chi connectivity index (χ3n) is 3.09. The monoisotopic (exact) mass is 324 g/mol. The van der Waals surface area contributed by atoms with Gasteiger partial charge in [-0.3, -0.25) is 9.59 Å². The molecular formula is C10H17IN2O2. The zero-order valence-corrected chi connectivity index (χ0v) is 11.5. The van der Waals surface area contributed by atoms with Gasteiger partial charge < -0.3 is 4.90 Å². The minimum Gasteiger partial charge on any atom is -0.300 e. The zero-order valence-electron chi connectivity index (χ0n) is 9.36. The number of amides is 2. The molecule has 0 saturated carbocycles. The van der Waals surface area contributed by atoms with Crippen molar-refractivity contribution in [2.24, 2.45) is 5.92 Å². The van der Waals surface area contributed by atoms with E-state index in [0.29, 0.717) is 6.42 Å². The summed E-state index contributed by atoms with van der Waals surface area (Å²) < 4.78 is 1.22. The minimum atomic E-state index is -0.158. The number of rotatable bonds is 4. The van der Waals surface area contributed by atoms with Crippen LogP contribution in [0.15, 0.2) is 0 Å². The minimum absolute atomic E-state index is 0.0417. The molecule has 0 aromatic carbocycles. The van der Waals surface area contributed by atoms with Crippen molar-refractivity contribution in [2.75, 3.05) is 13.1 Å². The van der Waals surface area contributed by atoms with Gasteiger partial charge >= 0.3 is 0 Å². The highest BCUT2D eigenvalue weighted by Crippen LogP contribution is 2.27. The molecule has 0 aromatic heterocycles. The lowest BCUT2D eigenvalue weighted by Gasteiger charge is -2.29. The van der Waals surface area contributed by atoms with Crippen molar-refractivity contribution in [3.05, 3.63) is 0 Å². The van der Waals surface area contributed by atoms with E-state index in [9.17, 15) is 9.59 Å². The third kappa shape index (κ3) is 2.50. The van der Waals surface area contributed by atoms with E-state index in [2.05, 4.69) is 18.7 Å². The first-order chi connectivity index (χ1) is 7.02. The van der Waals surface area contributed by atoms with Gasteiger partial charge in [-0.15, -0.1) is 0 Å². The molecular weight excluding hydrogens is 307 g/mol. The quantitative estimate of drug-likeness (QED) is 0.446. The Bertz CT molecular complexity index is 266. The molecule has 1 aliphatic heterocycles. The number of carbonyl (C=O) groups excluding carboxylic acids is 2. The largest absolute Gasteiger partial charge is 0.300 e. The Morgan fingerprint density at radius 3 is 2.33 bits per heavy atom. The summed E-state index contributed by atoms with van der Waals surface area (Å²) in [6.07, 6.45) is 0.361. The topological polar surface area (TPSA) is 40.6 Å². The number of nitrogens with zero attached hydrogens (tertiary/aromatic N) is 2. The Morgan fingerprint density at radius 2 is 2.00 bits per heavy atom. The second-order valence-electron chi connectivity index (χ2n) is 3.79. The van der Waals surface area contributed by atoms with Crippen LogP contribution in [0.4, 0.5) is 0 Å². The second kappa shape index (κ2) is 5.25. The molecule has 0 aromatic rings. The van der Waals surface area contributed by atoms with Gasteiger partial charge in [-0.2, -0.15) is 0 Å². The molecule has 0 N–H and O–H groups in total. The third-order valence-corrected chi connectivity index (χ3v) is 4.11. The number of carbonyl (C=O) groups is 2. The zero-order chi connectivity index (χ0) is 11.6. The van der Waals surface area contributed by atoms with E-state index in [0.717, 1.165) is 13.1 Å². The van der Waals surface area contributed by atoms with E-state index in [1.807, 2.05) is 6.92 Å². The molecule has 1 rings (SSSR count). The van der Waals surface area contributed by atoms with Crippen LogP contribution in [0, 0.1) is 5.92 Å². The smallest absolute Gasteiger partial charge is 0.243 e. The maximum absolute atomic E-state index is 11.8. The van der Waals surface area contributed by atoms with Crippen LogP contribution in [-0.4, -0.2) is 39.0 Å². The van der Waals surface area contributed by atoms with Crippen molar-refractivity contribution in [3.63, 3.8) is 0 Å². The first-order valence-corrected chi connectivity index (χ1v) is 6.26. The van der Waals surface area contributed by atoms with Gasteiger partial charge in [0.1, 0.15) is 0 Å². The number of hydrogen-bond acceptors (Lipinski definition) is 3. The SMILES string of the molecule is CCN(CC)C(C)C1CC(=O)N(I)C1=O. The lowest BCUT2D eigenvalue weighted by Crippen LogP contribution is -2.40. The van der Waals surface area contributed by atoms with Crippen molar-refractivity contribution < 1.29 is 9.59 Å². The summed E-state index contributed by atoms with van der Waals surface area (Å²) >= 11 is 1.80. The summed E-state index contributed by atoms with van der Waals surface area (Å²) in [5, 5.41) is 0. The molecule has 1 saturated heterocycles. The molecule has 0 aliphatic carbocycles. The number of hydrogen-bond donors (Lipinski definition) is 0. The molecule has 4 nitrogen and oxygen atoms in total. The average Bonchev–Trinajstić information content (AvgIpc) is 2.47. The van der Waals surface area contributed by atoms with Gasteiger partial charge in [-0.05, 0) is 20.0 Å². The van der Waals surface area contributed by atoms with Crippen molar-refractivity contribution in [1.82, 2.24) is 8.01 Å². The van der Waals surface area contributed by atoms with Crippen molar-refractivity contribution in [1.29, 1.82) is 0 Å². The van der Waals surface area contributed by atoms with Gasteiger partial charge in [-0.25, -0.2) is 3.11 Å². The molecule has 5 heteroatoms. The Balaban J connectivity index is 2.73. The standard InChI is InChI=1S/C10H17IN2O2/c1-4-12(5-2)7(3)8-6-9(14)13(11)10(8)15/h7-8H,4-6H2,1-3H3. The summed E-state index contributed by atoms with van der Waals surface area (Å²) in [5.41, 5.74) is 0. The van der Waals surface area contributed by atoms with E-state index in [-0.39, 0.29) is 23.8 Å². The van der Waals surface area contributed by atoms with Gasteiger partial charge in [-0.1, -0.05) is 13.8 Å². The van der Waals surface area contributed by atoms with Crippen molar-refractivity contribution in [2.45, 2.75) is 33.2 Å². The lowest BCUT2D eigenvalue weighted by atomic mass is 9.98. The fourth-order valence-corrected chi connectivity index (χ4v) is 2.61. The fourth-order valence-electron chi connectivity index (χ4n) is 2.06. The first kappa shape index (κ1) is 12.9. The van der Waals surface area contributed by atoms with Crippen LogP contribution in [0.25, 0.3) is 0 Å². The van der Waals surface area contributed by atoms with E-state index >= 15 is 0 Å². The normalized spacial score (nSPS) is 24.1. The summed E-state index contributed by atoms with van der Waals surface area (Å²) in [5.74, 6) is -0.265. The van der Waals surface area contributed by atoms with Gasteiger partial charge in [0.05, 0.1) is 28.8 Å². The van der Waals surface area contributed by atoms with Crippen LogP contribution in [0.1, 0.15) is 27.2 Å². The van der Waals surface area contributed by atoms with Gasteiger partial charge in [0.25, 0.3) is 0 Å². The highest BCUT2D eigenvalue weighted by Gasteiger charge is 2.41. The van der Waals surface area contributed by atoms with Crippen LogP contribution < -0.4 is 0 Å². The van der Waals surface area contributed by atoms with Gasteiger partial charge in [0.15, 0.2) is 0 Å². The summed E-state index contributed by atoms with van der Waals surface area (Å²) in [6.45, 7) is 8.00. The van der Waals surface area contributed by atoms with Crippen LogP contribution >= 0.6 is 22.9 Å². The molecule has 0 bridgehead atoms. The molecule has 1 heterocycles. The average molecular weight is 324 g/mol. The molecule has 2 unspecified atom stereocenters. The van der Waals surface area contributed by atoms with Gasteiger partial charge in [0.2, 0.25) is 11.8 Å². The van der Waals surface area contributed by atoms with Crippen molar-refractivity contribution in [3.8, 4) is 0 Å². The van der Waals surface area contributed by atoms with Crippen LogP contribution in [0.3, 0.4) is 0 Å². The second-order valence-corrected chi connectivity index (χ2v) is 4.75. The Kier molecular flexibility index (Phi) is 4.51. The molecule has 2 amide bonds. The molecule has 2 atom stereocenters. The maximum atomic E-state index is 11.8. The van der Waals surface area contributed by atoms with Crippen molar-refractivity contribution >= 4 is 34.7 Å². The van der Waals surface area contributed by atoms with Gasteiger partial charge in [0, 0.05) is 12.5 Å². The van der Waals surface area contributed by atoms with E-state index in [1.54, 1.807) is 22.9 Å². The predicted octanol–water partition coefficient (Wildman–Crippen LogP) is 1.44. The molecule has 0 spiro atoms. The van der Waals surface area contributed by atoms with E-state index in [1.165, 1.54) is 3.11 Å². The molecule has 86 valence electrons. The molecule has 0 radical (unpaired) electrons. The number of halogens is 1. The maximum Gasteiger partial charge on any atom is 0.243 e. The Labute approximate surface area is 104 Å². The fraction of sp³-hybridized carbons (Fsp3) is 0.800. The Hall–Kier alpha value is -0.170. The first-order valence-electron chi connectivity index (χ1n) is 5.29. The van der Waals surface area contributed by atoms with Crippen LogP contribution in [0.2, 0.25) is 0 Å². The summed E-state index contributed by atoms with van der Waals surface area (Å²) in [6, 6.07) is 0.149. The van der Waals surface area contributed by atoms with Crippen LogP contribution in [0.5, 0.6) is 0 Å². The highest BCUT2D eigenvalue weighted by atomic mass is 127. The lowest BCUT2D eigenvalue weighted by molar-refractivity contribution is -0.132. The predicted molar refractivity (Wildman–Crippen MR) is 66.4 cm³/mol. The highest BCUT2D eigenvalue weighted by molar-refractivity contribution is 14.1.